The van der Waals surface area contributed by atoms with Crippen molar-refractivity contribution < 1.29 is 80.4 Å². The average molecular weight is 349 g/mol. The molecule has 0 aromatic carbocycles. The maximum absolute atomic E-state index is 7.44. The van der Waals surface area contributed by atoms with Gasteiger partial charge in [-0.25, -0.2) is 4.81 Å². The molecule has 0 fully saturated rings. The zero-order valence-electron chi connectivity index (χ0n) is 10.0. The van der Waals surface area contributed by atoms with Gasteiger partial charge in [0.05, 0.1) is 0 Å². The molecule has 15 N–H and O–H groups in total. The molecule has 0 radical (unpaired) electrons. The van der Waals surface area contributed by atoms with Crippen LogP contribution in [0.25, 0.3) is 0 Å². The van der Waals surface area contributed by atoms with Crippen LogP contribution in [0.1, 0.15) is 0 Å². The molecule has 0 aliphatic rings. The molecule has 16 nitrogen and oxygen atoms in total. The Kier molecular flexibility index (Phi) is 58.0. The van der Waals surface area contributed by atoms with Crippen molar-refractivity contribution in [1.29, 1.82) is 0 Å². The normalized spacial score (nSPS) is 6.68. The fourth-order valence-electron chi connectivity index (χ4n) is 0. The molecule has 0 aliphatic carbocycles. The molecule has 22 heteroatoms. The zero-order valence-corrected chi connectivity index (χ0v) is 10.0. The van der Waals surface area contributed by atoms with Gasteiger partial charge in [0.1, 0.15) is 0 Å². The Morgan fingerprint density at radius 3 is 0.455 bits per heavy atom. The van der Waals surface area contributed by atoms with Gasteiger partial charge in [0.2, 0.25) is 0 Å². The summed E-state index contributed by atoms with van der Waals surface area (Å²) in [7, 11) is -10.7. The van der Waals surface area contributed by atoms with Gasteiger partial charge in [-0.15, -0.1) is 0 Å². The van der Waals surface area contributed by atoms with Crippen molar-refractivity contribution >= 4 is 66.2 Å². The molecule has 0 unspecified atom stereocenters. The Bertz CT molecular complexity index is 105. The molecule has 0 rings (SSSR count). The van der Waals surface area contributed by atoms with Crippen molar-refractivity contribution in [3.05, 3.63) is 0 Å². The molecule has 0 saturated carbocycles. The number of hydrogen-bond donors (Lipinski definition) is 15. The second-order valence-electron chi connectivity index (χ2n) is 1.82. The predicted molar refractivity (Wildman–Crippen MR) is 70.7 cm³/mol. The topological polar surface area (TPSA) is 313 Å². The Balaban J connectivity index is -0.0000000361. The number of rotatable bonds is 1. The van der Waals surface area contributed by atoms with Crippen molar-refractivity contribution in [2.24, 2.45) is 0 Å². The SMILES string of the molecule is OB(O)O.OB(O)O.OB(O)O.OB(O)O.OOB(O)O.[NaH]. The van der Waals surface area contributed by atoms with Crippen molar-refractivity contribution in [2.45, 2.75) is 0 Å². The molecular weight excluding hydrogens is 333 g/mol. The van der Waals surface area contributed by atoms with Crippen LogP contribution in [0.15, 0.2) is 0 Å². The molecule has 0 aromatic heterocycles. The van der Waals surface area contributed by atoms with Crippen LogP contribution in [0, 0.1) is 0 Å². The van der Waals surface area contributed by atoms with E-state index in [0.29, 0.717) is 0 Å². The van der Waals surface area contributed by atoms with Crippen molar-refractivity contribution in [1.82, 2.24) is 0 Å². The Labute approximate surface area is 146 Å². The van der Waals surface area contributed by atoms with E-state index in [4.69, 9.17) is 75.6 Å². The molecule has 0 heterocycles. The van der Waals surface area contributed by atoms with Crippen LogP contribution in [0.4, 0.5) is 0 Å². The Morgan fingerprint density at radius 2 is 0.455 bits per heavy atom. The first kappa shape index (κ1) is 38.3. The maximum atomic E-state index is 7.44. The first-order chi connectivity index (χ1) is 9.20. The minimum atomic E-state index is -2.17. The average Bonchev–Trinajstić information content (AvgIpc) is 2.13. The molecule has 0 saturated heterocycles. The van der Waals surface area contributed by atoms with E-state index < -0.39 is 36.6 Å². The van der Waals surface area contributed by atoms with Gasteiger partial charge in [0, 0.05) is 0 Å². The molecule has 0 aromatic rings. The van der Waals surface area contributed by atoms with E-state index in [1.807, 2.05) is 0 Å². The standard InChI is InChI=1S/BH3O4.4BH3O3.Na.H/c2-1(3)5-4;4*2-1(3)4;;/h2-4H;4*2-4H;;. The van der Waals surface area contributed by atoms with Crippen LogP contribution in [-0.4, -0.2) is 142 Å². The van der Waals surface area contributed by atoms with Crippen LogP contribution in [0.3, 0.4) is 0 Å². The molecule has 22 heavy (non-hydrogen) atoms. The summed E-state index contributed by atoms with van der Waals surface area (Å²) in [5.74, 6) is 0. The van der Waals surface area contributed by atoms with E-state index in [9.17, 15) is 0 Å². The van der Waals surface area contributed by atoms with E-state index in [-0.39, 0.29) is 29.6 Å². The second-order valence-corrected chi connectivity index (χ2v) is 1.82. The van der Waals surface area contributed by atoms with Gasteiger partial charge < -0.3 is 70.3 Å². The van der Waals surface area contributed by atoms with E-state index >= 15 is 0 Å². The van der Waals surface area contributed by atoms with Crippen LogP contribution in [-0.2, 0) is 4.81 Å². The van der Waals surface area contributed by atoms with Gasteiger partial charge in [-0.3, -0.25) is 5.26 Å². The molecule has 0 atom stereocenters. The summed E-state index contributed by atoms with van der Waals surface area (Å²) in [6.45, 7) is 0. The fourth-order valence-corrected chi connectivity index (χ4v) is 0. The van der Waals surface area contributed by atoms with E-state index in [1.165, 1.54) is 0 Å². The van der Waals surface area contributed by atoms with Gasteiger partial charge in [-0.05, 0) is 0 Å². The molecule has 0 spiro atoms. The third-order valence-corrected chi connectivity index (χ3v) is 0.0943. The van der Waals surface area contributed by atoms with Crippen molar-refractivity contribution in [2.75, 3.05) is 0 Å². The first-order valence-electron chi connectivity index (χ1n) is 4.03. The minimum absolute atomic E-state index is 0. The van der Waals surface area contributed by atoms with E-state index in [0.717, 1.165) is 0 Å². The fraction of sp³-hybridized carbons (Fsp3) is 0. The zero-order chi connectivity index (χ0) is 18.6. The van der Waals surface area contributed by atoms with Gasteiger partial charge in [0.15, 0.2) is 0 Å². The summed E-state index contributed by atoms with van der Waals surface area (Å²) in [6.07, 6.45) is 0. The van der Waals surface area contributed by atoms with Gasteiger partial charge in [0.25, 0.3) is 0 Å². The summed E-state index contributed by atoms with van der Waals surface area (Å²) in [5.41, 5.74) is 0. The van der Waals surface area contributed by atoms with E-state index in [1.54, 1.807) is 0 Å². The number of hydrogen-bond acceptors (Lipinski definition) is 16. The van der Waals surface area contributed by atoms with Crippen molar-refractivity contribution in [3.8, 4) is 0 Å². The molecular formula is H16B5NaO16. The second kappa shape index (κ2) is 33.3. The summed E-state index contributed by atoms with van der Waals surface area (Å²) in [5, 5.41) is 108. The van der Waals surface area contributed by atoms with Crippen LogP contribution >= 0.6 is 0 Å². The van der Waals surface area contributed by atoms with E-state index in [2.05, 4.69) is 4.81 Å². The summed E-state index contributed by atoms with van der Waals surface area (Å²) < 4.78 is 0. The van der Waals surface area contributed by atoms with Crippen LogP contribution < -0.4 is 0 Å². The van der Waals surface area contributed by atoms with Gasteiger partial charge >= 0.3 is 66.2 Å². The summed E-state index contributed by atoms with van der Waals surface area (Å²) >= 11 is 0. The monoisotopic (exact) mass is 350 g/mol. The van der Waals surface area contributed by atoms with Crippen LogP contribution in [0.5, 0.6) is 0 Å². The Hall–Kier alpha value is 0.685. The summed E-state index contributed by atoms with van der Waals surface area (Å²) in [6, 6.07) is 0. The summed E-state index contributed by atoms with van der Waals surface area (Å²) in [4.78, 5) is 2.86. The molecule has 0 aliphatic heterocycles. The Morgan fingerprint density at radius 1 is 0.409 bits per heavy atom. The third kappa shape index (κ3) is 1110. The predicted octanol–water partition coefficient (Wildman–Crippen LogP) is -10.4. The van der Waals surface area contributed by atoms with Crippen LogP contribution in [0.2, 0.25) is 0 Å². The quantitative estimate of drug-likeness (QED) is 0.119. The molecule has 128 valence electrons. The van der Waals surface area contributed by atoms with Gasteiger partial charge in [-0.2, -0.15) is 0 Å². The van der Waals surface area contributed by atoms with Crippen molar-refractivity contribution in [3.63, 3.8) is 0 Å². The third-order valence-electron chi connectivity index (χ3n) is 0.0943. The van der Waals surface area contributed by atoms with Gasteiger partial charge in [-0.1, -0.05) is 0 Å². The molecule has 0 amide bonds. The first-order valence-corrected chi connectivity index (χ1v) is 4.03. The molecule has 0 bridgehead atoms.